The minimum Gasteiger partial charge on any atom is -0.466 e. The van der Waals surface area contributed by atoms with E-state index in [0.717, 1.165) is 19.4 Å². The number of ether oxygens (including phenoxy) is 1. The molecule has 90 valence electrons. The normalized spacial score (nSPS) is 20.9. The van der Waals surface area contributed by atoms with Crippen LogP contribution in [0.15, 0.2) is 11.6 Å². The van der Waals surface area contributed by atoms with Gasteiger partial charge in [-0.3, -0.25) is 4.79 Å². The first kappa shape index (κ1) is 12.7. The number of β-lactam (4-membered cyclic amide) rings is 1. The van der Waals surface area contributed by atoms with Crippen molar-refractivity contribution in [3.63, 3.8) is 0 Å². The molecule has 1 saturated heterocycles. The molecule has 1 rings (SSSR count). The third-order valence-electron chi connectivity index (χ3n) is 3.01. The van der Waals surface area contributed by atoms with E-state index < -0.39 is 5.97 Å². The Morgan fingerprint density at radius 3 is 2.56 bits per heavy atom. The Morgan fingerprint density at radius 1 is 1.50 bits per heavy atom. The molecule has 4 heteroatoms. The Morgan fingerprint density at radius 2 is 2.12 bits per heavy atom. The van der Waals surface area contributed by atoms with Crippen LogP contribution in [0.4, 0.5) is 0 Å². The van der Waals surface area contributed by atoms with E-state index in [2.05, 4.69) is 11.7 Å². The number of unbranched alkanes of at least 4 members (excludes halogenated alkanes) is 1. The minimum absolute atomic E-state index is 0.0520. The molecule has 4 nitrogen and oxygen atoms in total. The first-order valence-corrected chi connectivity index (χ1v) is 5.57. The Bertz CT molecular complexity index is 331. The highest BCUT2D eigenvalue weighted by atomic mass is 16.5. The predicted molar refractivity (Wildman–Crippen MR) is 60.8 cm³/mol. The molecule has 0 saturated carbocycles. The van der Waals surface area contributed by atoms with Crippen molar-refractivity contribution in [2.75, 3.05) is 13.7 Å². The first-order chi connectivity index (χ1) is 7.45. The maximum atomic E-state index is 11.8. The summed E-state index contributed by atoms with van der Waals surface area (Å²) in [6.45, 7) is 6.72. The van der Waals surface area contributed by atoms with Crippen molar-refractivity contribution in [1.29, 1.82) is 0 Å². The van der Waals surface area contributed by atoms with Crippen molar-refractivity contribution >= 4 is 11.9 Å². The lowest BCUT2D eigenvalue weighted by Crippen LogP contribution is -2.62. The van der Waals surface area contributed by atoms with E-state index in [1.54, 1.807) is 4.90 Å². The number of methoxy groups -OCH3 is 1. The van der Waals surface area contributed by atoms with Gasteiger partial charge in [0.15, 0.2) is 0 Å². The molecule has 1 amide bonds. The second-order valence-electron chi connectivity index (χ2n) is 4.45. The molecule has 0 aliphatic carbocycles. The van der Waals surface area contributed by atoms with E-state index in [0.29, 0.717) is 5.57 Å². The quantitative estimate of drug-likeness (QED) is 0.414. The summed E-state index contributed by atoms with van der Waals surface area (Å²) in [6.07, 6.45) is 3.33. The molecule has 1 aliphatic rings. The molecule has 0 N–H and O–H groups in total. The van der Waals surface area contributed by atoms with Gasteiger partial charge in [-0.25, -0.2) is 4.79 Å². The SMILES string of the molecule is CCCCN1C(=O)/C(=C\C(=O)OC)C1(C)C. The highest BCUT2D eigenvalue weighted by molar-refractivity contribution is 6.07. The van der Waals surface area contributed by atoms with Gasteiger partial charge in [0, 0.05) is 18.2 Å². The lowest BCUT2D eigenvalue weighted by molar-refractivity contribution is -0.144. The molecular weight excluding hydrogens is 206 g/mol. The standard InChI is InChI=1S/C12H19NO3/c1-5-6-7-13-11(15)9(12(13,2)3)8-10(14)16-4/h8H,5-7H2,1-4H3/b9-8+. The fourth-order valence-corrected chi connectivity index (χ4v) is 1.87. The van der Waals surface area contributed by atoms with E-state index in [4.69, 9.17) is 0 Å². The third kappa shape index (κ3) is 2.10. The van der Waals surface area contributed by atoms with Crippen LogP contribution in [0, 0.1) is 0 Å². The van der Waals surface area contributed by atoms with Crippen molar-refractivity contribution in [3.8, 4) is 0 Å². The second-order valence-corrected chi connectivity index (χ2v) is 4.45. The molecule has 0 spiro atoms. The summed E-state index contributed by atoms with van der Waals surface area (Å²) in [7, 11) is 1.31. The largest absolute Gasteiger partial charge is 0.466 e. The van der Waals surface area contributed by atoms with Crippen molar-refractivity contribution in [3.05, 3.63) is 11.6 Å². The summed E-state index contributed by atoms with van der Waals surface area (Å²) in [5.41, 5.74) is 0.191. The van der Waals surface area contributed by atoms with Gasteiger partial charge in [-0.2, -0.15) is 0 Å². The molecule has 0 aromatic heterocycles. The van der Waals surface area contributed by atoms with Crippen LogP contribution in [0.5, 0.6) is 0 Å². The van der Waals surface area contributed by atoms with Crippen LogP contribution in [0.25, 0.3) is 0 Å². The summed E-state index contributed by atoms with van der Waals surface area (Å²) in [5.74, 6) is -0.518. The van der Waals surface area contributed by atoms with Crippen LogP contribution in [0.1, 0.15) is 33.6 Å². The van der Waals surface area contributed by atoms with Crippen LogP contribution < -0.4 is 0 Å². The van der Waals surface area contributed by atoms with Crippen LogP contribution in [-0.2, 0) is 14.3 Å². The van der Waals surface area contributed by atoms with Crippen LogP contribution >= 0.6 is 0 Å². The second kappa shape index (κ2) is 4.68. The molecule has 0 bridgehead atoms. The lowest BCUT2D eigenvalue weighted by Gasteiger charge is -2.49. The highest BCUT2D eigenvalue weighted by Gasteiger charge is 2.48. The maximum Gasteiger partial charge on any atom is 0.331 e. The number of rotatable bonds is 4. The Balaban J connectivity index is 2.76. The van der Waals surface area contributed by atoms with Crippen LogP contribution in [0.2, 0.25) is 0 Å². The maximum absolute atomic E-state index is 11.8. The van der Waals surface area contributed by atoms with Crippen molar-refractivity contribution in [1.82, 2.24) is 4.90 Å². The number of carbonyl (C=O) groups is 2. The molecule has 1 aliphatic heterocycles. The zero-order valence-corrected chi connectivity index (χ0v) is 10.4. The van der Waals surface area contributed by atoms with Crippen LogP contribution in [0.3, 0.4) is 0 Å². The van der Waals surface area contributed by atoms with Gasteiger partial charge in [0.05, 0.1) is 12.6 Å². The predicted octanol–water partition coefficient (Wildman–Crippen LogP) is 1.51. The van der Waals surface area contributed by atoms with E-state index in [1.165, 1.54) is 13.2 Å². The van der Waals surface area contributed by atoms with Crippen LogP contribution in [-0.4, -0.2) is 36.0 Å². The number of amides is 1. The lowest BCUT2D eigenvalue weighted by atomic mass is 9.81. The summed E-state index contributed by atoms with van der Waals surface area (Å²) in [6, 6.07) is 0. The molecule has 0 aromatic carbocycles. The zero-order valence-electron chi connectivity index (χ0n) is 10.4. The van der Waals surface area contributed by atoms with Gasteiger partial charge in [0.2, 0.25) is 0 Å². The average molecular weight is 225 g/mol. The van der Waals surface area contributed by atoms with Gasteiger partial charge in [-0.15, -0.1) is 0 Å². The first-order valence-electron chi connectivity index (χ1n) is 5.57. The van der Waals surface area contributed by atoms with E-state index in [-0.39, 0.29) is 11.4 Å². The van der Waals surface area contributed by atoms with E-state index >= 15 is 0 Å². The molecule has 0 aromatic rings. The van der Waals surface area contributed by atoms with Gasteiger partial charge in [0.25, 0.3) is 5.91 Å². The van der Waals surface area contributed by atoms with Gasteiger partial charge in [0.1, 0.15) is 0 Å². The Labute approximate surface area is 96.3 Å². The number of carbonyl (C=O) groups excluding carboxylic acids is 2. The van der Waals surface area contributed by atoms with Gasteiger partial charge < -0.3 is 9.64 Å². The van der Waals surface area contributed by atoms with Crippen molar-refractivity contribution < 1.29 is 14.3 Å². The molecule has 1 heterocycles. The van der Waals surface area contributed by atoms with Crippen molar-refractivity contribution in [2.24, 2.45) is 0 Å². The zero-order chi connectivity index (χ0) is 12.3. The molecule has 0 radical (unpaired) electrons. The summed E-state index contributed by atoms with van der Waals surface area (Å²) >= 11 is 0. The van der Waals surface area contributed by atoms with Gasteiger partial charge in [-0.05, 0) is 20.3 Å². The monoisotopic (exact) mass is 225 g/mol. The molecular formula is C12H19NO3. The Hall–Kier alpha value is -1.32. The fourth-order valence-electron chi connectivity index (χ4n) is 1.87. The minimum atomic E-state index is -0.466. The van der Waals surface area contributed by atoms with E-state index in [1.807, 2.05) is 13.8 Å². The molecule has 0 atom stereocenters. The molecule has 0 unspecified atom stereocenters. The van der Waals surface area contributed by atoms with E-state index in [9.17, 15) is 9.59 Å². The average Bonchev–Trinajstić information content (AvgIpc) is 2.25. The number of likely N-dealkylation sites (tertiary alicyclic amines) is 1. The summed E-state index contributed by atoms with van der Waals surface area (Å²) in [5, 5.41) is 0. The smallest absolute Gasteiger partial charge is 0.331 e. The van der Waals surface area contributed by atoms with Crippen molar-refractivity contribution in [2.45, 2.75) is 39.2 Å². The topological polar surface area (TPSA) is 46.6 Å². The number of hydrogen-bond donors (Lipinski definition) is 0. The highest BCUT2D eigenvalue weighted by Crippen LogP contribution is 2.36. The van der Waals surface area contributed by atoms with Gasteiger partial charge in [-0.1, -0.05) is 13.3 Å². The summed E-state index contributed by atoms with van der Waals surface area (Å²) in [4.78, 5) is 24.7. The number of esters is 1. The molecule has 16 heavy (non-hydrogen) atoms. The third-order valence-corrected chi connectivity index (χ3v) is 3.01. The molecule has 1 fully saturated rings. The fraction of sp³-hybridized carbons (Fsp3) is 0.667. The Kier molecular flexibility index (Phi) is 3.73. The van der Waals surface area contributed by atoms with Gasteiger partial charge >= 0.3 is 5.97 Å². The number of hydrogen-bond acceptors (Lipinski definition) is 3. The summed E-state index contributed by atoms with van der Waals surface area (Å²) < 4.78 is 4.53. The number of nitrogens with zero attached hydrogens (tertiary/aromatic N) is 1.